The normalized spacial score (nSPS) is 16.1. The molecule has 0 amide bonds. The van der Waals surface area contributed by atoms with Crippen LogP contribution in [0.2, 0.25) is 0 Å². The third kappa shape index (κ3) is 1.75. The Labute approximate surface area is 100 Å². The summed E-state index contributed by atoms with van der Waals surface area (Å²) in [6, 6.07) is 0. The maximum absolute atomic E-state index is 9.81. The molecule has 1 aromatic carbocycles. The molecule has 0 spiro atoms. The van der Waals surface area contributed by atoms with Gasteiger partial charge in [-0.1, -0.05) is 0 Å². The quantitative estimate of drug-likeness (QED) is 0.278. The lowest BCUT2D eigenvalue weighted by atomic mass is 10.1. The van der Waals surface area contributed by atoms with Gasteiger partial charge in [-0.05, 0) is 19.3 Å². The molecule has 1 saturated heterocycles. The van der Waals surface area contributed by atoms with Crippen molar-refractivity contribution in [2.45, 2.75) is 19.3 Å². The Bertz CT molecular complexity index is 411. The number of hydrogen-bond acceptors (Lipinski definition) is 6. The molecule has 94 valence electrons. The van der Waals surface area contributed by atoms with Gasteiger partial charge in [-0.25, -0.2) is 0 Å². The van der Waals surface area contributed by atoms with Crippen molar-refractivity contribution in [2.75, 3.05) is 40.9 Å². The van der Waals surface area contributed by atoms with Crippen LogP contribution in [0.15, 0.2) is 0 Å². The maximum Gasteiger partial charge on any atom is 0.166 e. The SMILES string of the molecule is Nc1c(N)c(O)c(N)c(N2CCCCC2)c1N. The van der Waals surface area contributed by atoms with Gasteiger partial charge in [0.2, 0.25) is 0 Å². The minimum Gasteiger partial charge on any atom is -0.504 e. The van der Waals surface area contributed by atoms with Crippen molar-refractivity contribution in [3.8, 4) is 5.75 Å². The van der Waals surface area contributed by atoms with Crippen LogP contribution in [-0.4, -0.2) is 18.2 Å². The van der Waals surface area contributed by atoms with Crippen LogP contribution in [0.3, 0.4) is 0 Å². The van der Waals surface area contributed by atoms with Crippen LogP contribution < -0.4 is 27.8 Å². The molecule has 0 atom stereocenters. The van der Waals surface area contributed by atoms with E-state index in [0.29, 0.717) is 11.4 Å². The van der Waals surface area contributed by atoms with Crippen LogP contribution >= 0.6 is 0 Å². The molecule has 0 bridgehead atoms. The first-order valence-corrected chi connectivity index (χ1v) is 5.73. The Morgan fingerprint density at radius 2 is 1.35 bits per heavy atom. The van der Waals surface area contributed by atoms with Crippen LogP contribution in [0, 0.1) is 0 Å². The number of anilines is 5. The van der Waals surface area contributed by atoms with Crippen LogP contribution in [-0.2, 0) is 0 Å². The highest BCUT2D eigenvalue weighted by Gasteiger charge is 2.22. The largest absolute Gasteiger partial charge is 0.504 e. The number of rotatable bonds is 1. The van der Waals surface area contributed by atoms with Crippen molar-refractivity contribution in [3.63, 3.8) is 0 Å². The minimum absolute atomic E-state index is 0.0563. The van der Waals surface area contributed by atoms with E-state index >= 15 is 0 Å². The van der Waals surface area contributed by atoms with Crippen molar-refractivity contribution < 1.29 is 5.11 Å². The maximum atomic E-state index is 9.81. The molecule has 9 N–H and O–H groups in total. The fraction of sp³-hybridized carbons (Fsp3) is 0.455. The van der Waals surface area contributed by atoms with Crippen molar-refractivity contribution in [3.05, 3.63) is 0 Å². The Morgan fingerprint density at radius 3 is 1.94 bits per heavy atom. The van der Waals surface area contributed by atoms with E-state index in [0.717, 1.165) is 25.9 Å². The van der Waals surface area contributed by atoms with Gasteiger partial charge in [0.1, 0.15) is 11.4 Å². The number of phenols is 1. The van der Waals surface area contributed by atoms with E-state index in [4.69, 9.17) is 22.9 Å². The van der Waals surface area contributed by atoms with E-state index in [-0.39, 0.29) is 22.8 Å². The Kier molecular flexibility index (Phi) is 2.79. The average Bonchev–Trinajstić information content (AvgIpc) is 2.36. The van der Waals surface area contributed by atoms with Crippen molar-refractivity contribution in [2.24, 2.45) is 0 Å². The zero-order chi connectivity index (χ0) is 12.6. The molecule has 1 aromatic rings. The van der Waals surface area contributed by atoms with E-state index in [1.165, 1.54) is 6.42 Å². The van der Waals surface area contributed by atoms with Crippen molar-refractivity contribution in [1.29, 1.82) is 0 Å². The summed E-state index contributed by atoms with van der Waals surface area (Å²) in [4.78, 5) is 2.06. The molecule has 17 heavy (non-hydrogen) atoms. The number of phenolic OH excluding ortho intramolecular Hbond substituents is 1. The second-order valence-electron chi connectivity index (χ2n) is 4.40. The standard InChI is InChI=1S/C11H19N5O/c12-6-7(13)10(9(15)11(17)8(6)14)16-4-2-1-3-5-16/h17H,1-5,12-15H2. The van der Waals surface area contributed by atoms with Crippen LogP contribution in [0.5, 0.6) is 5.75 Å². The topological polar surface area (TPSA) is 128 Å². The monoisotopic (exact) mass is 237 g/mol. The Balaban J connectivity index is 2.52. The highest BCUT2D eigenvalue weighted by Crippen LogP contribution is 2.46. The number of aromatic hydroxyl groups is 1. The summed E-state index contributed by atoms with van der Waals surface area (Å²) in [7, 11) is 0. The fourth-order valence-electron chi connectivity index (χ4n) is 2.26. The van der Waals surface area contributed by atoms with Gasteiger partial charge in [-0.3, -0.25) is 0 Å². The number of benzene rings is 1. The molecular weight excluding hydrogens is 218 g/mol. The highest BCUT2D eigenvalue weighted by molar-refractivity contribution is 5.99. The number of nitrogens with two attached hydrogens (primary N) is 4. The molecule has 0 aliphatic carbocycles. The summed E-state index contributed by atoms with van der Waals surface area (Å²) in [5, 5.41) is 9.81. The van der Waals surface area contributed by atoms with Gasteiger partial charge in [-0.2, -0.15) is 0 Å². The summed E-state index contributed by atoms with van der Waals surface area (Å²) in [5.74, 6) is -0.169. The lowest BCUT2D eigenvalue weighted by molar-refractivity contribution is 0.480. The predicted octanol–water partition coefficient (Wildman–Crippen LogP) is 0.711. The van der Waals surface area contributed by atoms with Gasteiger partial charge in [-0.15, -0.1) is 0 Å². The third-order valence-electron chi connectivity index (χ3n) is 3.27. The van der Waals surface area contributed by atoms with E-state index in [1.807, 2.05) is 0 Å². The molecule has 6 heteroatoms. The second-order valence-corrected chi connectivity index (χ2v) is 4.40. The number of nitrogen functional groups attached to an aromatic ring is 4. The molecule has 0 saturated carbocycles. The zero-order valence-electron chi connectivity index (χ0n) is 9.74. The van der Waals surface area contributed by atoms with Gasteiger partial charge >= 0.3 is 0 Å². The summed E-state index contributed by atoms with van der Waals surface area (Å²) in [6.07, 6.45) is 3.38. The molecule has 6 nitrogen and oxygen atoms in total. The Hall–Kier alpha value is -1.98. The number of nitrogens with zero attached hydrogens (tertiary/aromatic N) is 1. The van der Waals surface area contributed by atoms with E-state index in [2.05, 4.69) is 4.90 Å². The van der Waals surface area contributed by atoms with Crippen LogP contribution in [0.1, 0.15) is 19.3 Å². The first-order valence-electron chi connectivity index (χ1n) is 5.73. The average molecular weight is 237 g/mol. The molecule has 1 fully saturated rings. The molecule has 1 aliphatic heterocycles. The first kappa shape index (κ1) is 11.5. The lowest BCUT2D eigenvalue weighted by Crippen LogP contribution is -2.31. The summed E-state index contributed by atoms with van der Waals surface area (Å²) in [6.45, 7) is 1.74. The summed E-state index contributed by atoms with van der Waals surface area (Å²) < 4.78 is 0. The van der Waals surface area contributed by atoms with Gasteiger partial charge < -0.3 is 32.9 Å². The summed E-state index contributed by atoms with van der Waals surface area (Å²) >= 11 is 0. The van der Waals surface area contributed by atoms with Crippen LogP contribution in [0.25, 0.3) is 0 Å². The predicted molar refractivity (Wildman–Crippen MR) is 71.8 cm³/mol. The number of piperidine rings is 1. The van der Waals surface area contributed by atoms with Crippen molar-refractivity contribution in [1.82, 2.24) is 0 Å². The molecule has 1 heterocycles. The van der Waals surface area contributed by atoms with Crippen LogP contribution in [0.4, 0.5) is 28.4 Å². The second kappa shape index (κ2) is 4.12. The molecule has 0 unspecified atom stereocenters. The van der Waals surface area contributed by atoms with Gasteiger partial charge in [0.05, 0.1) is 17.1 Å². The first-order chi connectivity index (χ1) is 8.04. The molecule has 0 radical (unpaired) electrons. The van der Waals surface area contributed by atoms with Gasteiger partial charge in [0, 0.05) is 13.1 Å². The smallest absolute Gasteiger partial charge is 0.166 e. The van der Waals surface area contributed by atoms with E-state index in [9.17, 15) is 5.11 Å². The molecule has 0 aromatic heterocycles. The van der Waals surface area contributed by atoms with Gasteiger partial charge in [0.15, 0.2) is 5.75 Å². The summed E-state index contributed by atoms with van der Waals surface area (Å²) in [5.41, 5.74) is 24.7. The molecule has 1 aliphatic rings. The Morgan fingerprint density at radius 1 is 0.765 bits per heavy atom. The third-order valence-corrected chi connectivity index (χ3v) is 3.27. The minimum atomic E-state index is -0.169. The highest BCUT2D eigenvalue weighted by atomic mass is 16.3. The van der Waals surface area contributed by atoms with E-state index < -0.39 is 0 Å². The molecular formula is C11H19N5O. The van der Waals surface area contributed by atoms with Crippen molar-refractivity contribution >= 4 is 28.4 Å². The number of hydrogen-bond donors (Lipinski definition) is 5. The van der Waals surface area contributed by atoms with Gasteiger partial charge in [0.25, 0.3) is 0 Å². The lowest BCUT2D eigenvalue weighted by Gasteiger charge is -2.31. The van der Waals surface area contributed by atoms with E-state index in [1.54, 1.807) is 0 Å². The fourth-order valence-corrected chi connectivity index (χ4v) is 2.26. The molecule has 2 rings (SSSR count). The zero-order valence-corrected chi connectivity index (χ0v) is 9.74.